The molecule has 1 saturated carbocycles. The Balaban J connectivity index is 1.48. The molecule has 1 aliphatic carbocycles. The molecule has 0 amide bonds. The molecule has 0 unspecified atom stereocenters. The van der Waals surface area contributed by atoms with Crippen LogP contribution in [0.3, 0.4) is 0 Å². The molecule has 1 aliphatic rings. The summed E-state index contributed by atoms with van der Waals surface area (Å²) in [7, 11) is 0. The summed E-state index contributed by atoms with van der Waals surface area (Å²) in [6, 6.07) is 9.26. The largest absolute Gasteiger partial charge is 0.490 e. The summed E-state index contributed by atoms with van der Waals surface area (Å²) in [6.07, 6.45) is 6.78. The molecule has 5 rings (SSSR count). The molecule has 3 aromatic heterocycles. The lowest BCUT2D eigenvalue weighted by Gasteiger charge is -2.07. The van der Waals surface area contributed by atoms with E-state index < -0.39 is 0 Å². The summed E-state index contributed by atoms with van der Waals surface area (Å²) < 4.78 is 7.75. The van der Waals surface area contributed by atoms with Gasteiger partial charge in [-0.05, 0) is 24.8 Å². The van der Waals surface area contributed by atoms with E-state index in [4.69, 9.17) is 16.3 Å². The lowest BCUT2D eigenvalue weighted by molar-refractivity contribution is 0.298. The highest BCUT2D eigenvalue weighted by Gasteiger charge is 2.22. The Bertz CT molecular complexity index is 1210. The summed E-state index contributed by atoms with van der Waals surface area (Å²) in [6.45, 7) is 0.708. The number of aromatic amines is 1. The predicted octanol–water partition coefficient (Wildman–Crippen LogP) is 3.60. The van der Waals surface area contributed by atoms with Crippen LogP contribution in [0.1, 0.15) is 24.2 Å². The Labute approximate surface area is 159 Å². The Morgan fingerprint density at radius 2 is 2.04 bits per heavy atom. The highest BCUT2D eigenvalue weighted by atomic mass is 35.5. The molecule has 136 valence electrons. The van der Waals surface area contributed by atoms with Gasteiger partial charge in [-0.25, -0.2) is 10.1 Å². The summed E-state index contributed by atoms with van der Waals surface area (Å²) >= 11 is 6.34. The van der Waals surface area contributed by atoms with Gasteiger partial charge in [-0.15, -0.1) is 0 Å². The zero-order valence-corrected chi connectivity index (χ0v) is 15.2. The first-order valence-corrected chi connectivity index (χ1v) is 9.31. The van der Waals surface area contributed by atoms with Crippen molar-refractivity contribution in [2.75, 3.05) is 6.61 Å². The molecule has 1 fully saturated rings. The van der Waals surface area contributed by atoms with Crippen molar-refractivity contribution in [3.63, 3.8) is 0 Å². The number of rotatable bonds is 5. The number of hydrogen-bond acceptors (Lipinski definition) is 4. The van der Waals surface area contributed by atoms with Crippen LogP contribution in [0.4, 0.5) is 0 Å². The van der Waals surface area contributed by atoms with Crippen LogP contribution >= 0.6 is 11.6 Å². The zero-order chi connectivity index (χ0) is 18.4. The van der Waals surface area contributed by atoms with Gasteiger partial charge in [0.15, 0.2) is 5.75 Å². The SMILES string of the molecule is O=c1[nH]nc(Cc2cn3cc(OCC4CC4)c(Cl)cc3n2)c2ccccc12. The number of pyridine rings is 1. The third-order valence-corrected chi connectivity index (χ3v) is 5.15. The molecule has 0 radical (unpaired) electrons. The summed E-state index contributed by atoms with van der Waals surface area (Å²) in [5.74, 6) is 1.34. The topological polar surface area (TPSA) is 72.3 Å². The van der Waals surface area contributed by atoms with E-state index in [1.54, 1.807) is 6.07 Å². The van der Waals surface area contributed by atoms with Gasteiger partial charge in [0.25, 0.3) is 5.56 Å². The highest BCUT2D eigenvalue weighted by Crippen LogP contribution is 2.32. The van der Waals surface area contributed by atoms with Crippen LogP contribution in [0.25, 0.3) is 16.4 Å². The fraction of sp³-hybridized carbons (Fsp3) is 0.250. The van der Waals surface area contributed by atoms with Crippen LogP contribution in [0, 0.1) is 5.92 Å². The fourth-order valence-electron chi connectivity index (χ4n) is 3.20. The minimum Gasteiger partial charge on any atom is -0.490 e. The van der Waals surface area contributed by atoms with Crippen LogP contribution < -0.4 is 10.3 Å². The van der Waals surface area contributed by atoms with Crippen LogP contribution in [0.15, 0.2) is 47.5 Å². The molecule has 0 aliphatic heterocycles. The Morgan fingerprint density at radius 3 is 2.85 bits per heavy atom. The summed E-state index contributed by atoms with van der Waals surface area (Å²) in [4.78, 5) is 16.6. The zero-order valence-electron chi connectivity index (χ0n) is 14.5. The van der Waals surface area contributed by atoms with Crippen LogP contribution in [-0.4, -0.2) is 26.2 Å². The number of ether oxygens (including phenoxy) is 1. The van der Waals surface area contributed by atoms with Crippen molar-refractivity contribution in [1.29, 1.82) is 0 Å². The van der Waals surface area contributed by atoms with E-state index in [1.165, 1.54) is 12.8 Å². The van der Waals surface area contributed by atoms with E-state index in [9.17, 15) is 4.79 Å². The molecule has 0 atom stereocenters. The number of benzene rings is 1. The Morgan fingerprint density at radius 1 is 1.22 bits per heavy atom. The first-order valence-electron chi connectivity index (χ1n) is 8.93. The molecule has 0 saturated heterocycles. The lowest BCUT2D eigenvalue weighted by Crippen LogP contribution is -2.11. The van der Waals surface area contributed by atoms with Crippen LogP contribution in [-0.2, 0) is 6.42 Å². The van der Waals surface area contributed by atoms with Gasteiger partial charge >= 0.3 is 0 Å². The maximum Gasteiger partial charge on any atom is 0.272 e. The molecule has 1 N–H and O–H groups in total. The van der Waals surface area contributed by atoms with Gasteiger partial charge in [-0.1, -0.05) is 29.8 Å². The van der Waals surface area contributed by atoms with Crippen molar-refractivity contribution in [3.05, 3.63) is 69.5 Å². The molecule has 4 aromatic rings. The number of nitrogens with one attached hydrogen (secondary N) is 1. The second-order valence-corrected chi connectivity index (χ2v) is 7.37. The number of nitrogens with zero attached hydrogens (tertiary/aromatic N) is 3. The number of hydrogen-bond donors (Lipinski definition) is 1. The minimum atomic E-state index is -0.186. The standard InChI is InChI=1S/C20H17ClN4O2/c21-16-8-19-22-13(9-25(19)10-18(16)27-11-12-5-6-12)7-17-14-3-1-2-4-15(14)20(26)24-23-17/h1-4,8-10,12H,5-7,11H2,(H,24,26). The smallest absolute Gasteiger partial charge is 0.272 e. The third kappa shape index (κ3) is 3.17. The quantitative estimate of drug-likeness (QED) is 0.574. The molecule has 3 heterocycles. The molecule has 0 bridgehead atoms. The van der Waals surface area contributed by atoms with Gasteiger partial charge < -0.3 is 9.14 Å². The molecular formula is C20H17ClN4O2. The van der Waals surface area contributed by atoms with Gasteiger partial charge in [0.05, 0.1) is 34.6 Å². The van der Waals surface area contributed by atoms with E-state index in [1.807, 2.05) is 41.1 Å². The molecular weight excluding hydrogens is 364 g/mol. The summed E-state index contributed by atoms with van der Waals surface area (Å²) in [5.41, 5.74) is 2.19. The van der Waals surface area contributed by atoms with E-state index in [2.05, 4.69) is 15.2 Å². The van der Waals surface area contributed by atoms with E-state index in [0.29, 0.717) is 35.1 Å². The first-order chi connectivity index (χ1) is 13.2. The van der Waals surface area contributed by atoms with Crippen molar-refractivity contribution >= 4 is 28.0 Å². The number of aromatic nitrogens is 4. The average Bonchev–Trinajstić information content (AvgIpc) is 3.42. The fourth-order valence-corrected chi connectivity index (χ4v) is 3.41. The van der Waals surface area contributed by atoms with E-state index in [0.717, 1.165) is 22.4 Å². The number of fused-ring (bicyclic) bond motifs is 2. The van der Waals surface area contributed by atoms with Gasteiger partial charge in [-0.2, -0.15) is 5.10 Å². The normalized spacial score (nSPS) is 14.1. The second-order valence-electron chi connectivity index (χ2n) is 6.96. The van der Waals surface area contributed by atoms with Crippen molar-refractivity contribution in [1.82, 2.24) is 19.6 Å². The van der Waals surface area contributed by atoms with Gasteiger partial charge in [0.1, 0.15) is 5.65 Å². The minimum absolute atomic E-state index is 0.186. The molecule has 0 spiro atoms. The Kier molecular flexibility index (Phi) is 3.86. The number of imidazole rings is 1. The third-order valence-electron chi connectivity index (χ3n) is 4.85. The maximum atomic E-state index is 11.9. The van der Waals surface area contributed by atoms with Crippen LogP contribution in [0.5, 0.6) is 5.75 Å². The molecule has 27 heavy (non-hydrogen) atoms. The lowest BCUT2D eigenvalue weighted by atomic mass is 10.1. The van der Waals surface area contributed by atoms with Gasteiger partial charge in [-0.3, -0.25) is 4.79 Å². The van der Waals surface area contributed by atoms with Gasteiger partial charge in [0.2, 0.25) is 0 Å². The van der Waals surface area contributed by atoms with Crippen molar-refractivity contribution < 1.29 is 4.74 Å². The van der Waals surface area contributed by atoms with Gasteiger partial charge in [0, 0.05) is 24.1 Å². The average molecular weight is 381 g/mol. The number of H-pyrrole nitrogens is 1. The highest BCUT2D eigenvalue weighted by molar-refractivity contribution is 6.32. The Hall–Kier alpha value is -2.86. The first kappa shape index (κ1) is 16.3. The van der Waals surface area contributed by atoms with Crippen molar-refractivity contribution in [2.24, 2.45) is 5.92 Å². The van der Waals surface area contributed by atoms with Crippen LogP contribution in [0.2, 0.25) is 5.02 Å². The maximum absolute atomic E-state index is 11.9. The predicted molar refractivity (Wildman–Crippen MR) is 104 cm³/mol. The van der Waals surface area contributed by atoms with Crippen molar-refractivity contribution in [2.45, 2.75) is 19.3 Å². The number of halogens is 1. The summed E-state index contributed by atoms with van der Waals surface area (Å²) in [5, 5.41) is 8.82. The van der Waals surface area contributed by atoms with E-state index >= 15 is 0 Å². The molecule has 1 aromatic carbocycles. The molecule has 7 heteroatoms. The van der Waals surface area contributed by atoms with Crippen molar-refractivity contribution in [3.8, 4) is 5.75 Å². The molecule has 6 nitrogen and oxygen atoms in total. The van der Waals surface area contributed by atoms with E-state index in [-0.39, 0.29) is 5.56 Å². The monoisotopic (exact) mass is 380 g/mol. The second kappa shape index (κ2) is 6.39.